The minimum absolute atomic E-state index is 0.0524. The first-order chi connectivity index (χ1) is 13.1. The summed E-state index contributed by atoms with van der Waals surface area (Å²) in [6.07, 6.45) is 4.80. The van der Waals surface area contributed by atoms with E-state index in [1.807, 2.05) is 11.3 Å². The van der Waals surface area contributed by atoms with E-state index in [4.69, 9.17) is 4.42 Å². The molecule has 0 saturated carbocycles. The van der Waals surface area contributed by atoms with Gasteiger partial charge in [-0.05, 0) is 38.4 Å². The minimum atomic E-state index is -0.402. The first kappa shape index (κ1) is 17.9. The Morgan fingerprint density at radius 2 is 2.26 bits per heavy atom. The summed E-state index contributed by atoms with van der Waals surface area (Å²) in [5.41, 5.74) is 0.729. The number of oxazole rings is 1. The number of nitrogens with zero attached hydrogens (tertiary/aromatic N) is 3. The molecule has 3 aromatic rings. The van der Waals surface area contributed by atoms with Crippen molar-refractivity contribution < 1.29 is 9.34 Å². The molecular formula is C20H21N3O3S. The van der Waals surface area contributed by atoms with Crippen molar-refractivity contribution in [1.29, 1.82) is 0 Å². The monoisotopic (exact) mass is 383 g/mol. The third kappa shape index (κ3) is 3.94. The zero-order valence-corrected chi connectivity index (χ0v) is 15.9. The number of likely N-dealkylation sites (tertiary alicyclic amines) is 1. The molecule has 7 heteroatoms. The maximum Gasteiger partial charge on any atom is 0.270 e. The summed E-state index contributed by atoms with van der Waals surface area (Å²) in [7, 11) is 0. The molecule has 0 radical (unpaired) electrons. The molecule has 1 aliphatic rings. The number of hydrogen-bond acceptors (Lipinski definition) is 6. The topological polar surface area (TPSA) is 72.4 Å². The van der Waals surface area contributed by atoms with Crippen LogP contribution >= 0.6 is 11.3 Å². The summed E-state index contributed by atoms with van der Waals surface area (Å²) in [6, 6.07) is 11.4. The Balaban J connectivity index is 1.42. The fourth-order valence-corrected chi connectivity index (χ4v) is 4.67. The maximum absolute atomic E-state index is 10.9. The van der Waals surface area contributed by atoms with E-state index in [0.717, 1.165) is 19.5 Å². The molecule has 140 valence electrons. The third-order valence-electron chi connectivity index (χ3n) is 4.96. The lowest BCUT2D eigenvalue weighted by Gasteiger charge is -2.22. The van der Waals surface area contributed by atoms with Gasteiger partial charge >= 0.3 is 0 Å². The molecule has 1 atom stereocenters. The van der Waals surface area contributed by atoms with Gasteiger partial charge in [-0.25, -0.2) is 4.98 Å². The van der Waals surface area contributed by atoms with Crippen LogP contribution in [0, 0.1) is 17.0 Å². The van der Waals surface area contributed by atoms with E-state index in [1.165, 1.54) is 34.7 Å². The molecule has 1 aromatic carbocycles. The van der Waals surface area contributed by atoms with Crippen molar-refractivity contribution in [2.75, 3.05) is 13.1 Å². The van der Waals surface area contributed by atoms with Crippen LogP contribution in [0.25, 0.3) is 11.3 Å². The summed E-state index contributed by atoms with van der Waals surface area (Å²) in [5.74, 6) is 1.24. The van der Waals surface area contributed by atoms with E-state index in [9.17, 15) is 10.1 Å². The van der Waals surface area contributed by atoms with Crippen molar-refractivity contribution >= 4 is 17.0 Å². The maximum atomic E-state index is 10.9. The minimum Gasteiger partial charge on any atom is -0.441 e. The summed E-state index contributed by atoms with van der Waals surface area (Å²) in [4.78, 5) is 20.2. The molecule has 0 aliphatic carbocycles. The van der Waals surface area contributed by atoms with Crippen LogP contribution in [-0.2, 0) is 6.42 Å². The molecule has 1 unspecified atom stereocenters. The summed E-state index contributed by atoms with van der Waals surface area (Å²) in [6.45, 7) is 4.15. The van der Waals surface area contributed by atoms with E-state index in [2.05, 4.69) is 28.9 Å². The highest BCUT2D eigenvalue weighted by molar-refractivity contribution is 7.12. The zero-order valence-electron chi connectivity index (χ0n) is 15.1. The summed E-state index contributed by atoms with van der Waals surface area (Å²) >= 11 is 1.88. The standard InChI is InChI=1S/C20H21N3O3S/c1-14-7-8-19(27-14)17-6-3-10-22(17)11-9-20-21-13-18(26-20)15-4-2-5-16(12-15)23(24)25/h2,4-5,7-8,12-13,17H,3,6,9-11H2,1H3. The SMILES string of the molecule is Cc1ccc(C2CCCN2CCc2ncc(-c3cccc([N+](=O)[O-])c3)o2)s1. The Labute approximate surface area is 161 Å². The first-order valence-corrected chi connectivity index (χ1v) is 9.92. The lowest BCUT2D eigenvalue weighted by molar-refractivity contribution is -0.384. The molecule has 27 heavy (non-hydrogen) atoms. The van der Waals surface area contributed by atoms with Crippen LogP contribution in [0.5, 0.6) is 0 Å². The van der Waals surface area contributed by atoms with Gasteiger partial charge in [-0.15, -0.1) is 11.3 Å². The number of aromatic nitrogens is 1. The average Bonchev–Trinajstić information content (AvgIpc) is 3.40. The number of non-ortho nitro benzene ring substituents is 1. The van der Waals surface area contributed by atoms with Crippen molar-refractivity contribution in [3.63, 3.8) is 0 Å². The highest BCUT2D eigenvalue weighted by Crippen LogP contribution is 2.35. The number of nitro groups is 1. The van der Waals surface area contributed by atoms with E-state index >= 15 is 0 Å². The fourth-order valence-electron chi connectivity index (χ4n) is 3.62. The van der Waals surface area contributed by atoms with Gasteiger partial charge in [0.05, 0.1) is 11.1 Å². The molecule has 0 amide bonds. The van der Waals surface area contributed by atoms with Gasteiger partial charge in [0.1, 0.15) is 0 Å². The lowest BCUT2D eigenvalue weighted by atomic mass is 10.2. The zero-order chi connectivity index (χ0) is 18.8. The second kappa shape index (κ2) is 7.62. The number of thiophene rings is 1. The normalized spacial score (nSPS) is 17.4. The molecule has 2 aromatic heterocycles. The Morgan fingerprint density at radius 3 is 3.04 bits per heavy atom. The van der Waals surface area contributed by atoms with Gasteiger partial charge in [-0.1, -0.05) is 12.1 Å². The van der Waals surface area contributed by atoms with E-state index in [-0.39, 0.29) is 5.69 Å². The quantitative estimate of drug-likeness (QED) is 0.442. The number of rotatable bonds is 6. The Bertz CT molecular complexity index is 949. The van der Waals surface area contributed by atoms with Crippen LogP contribution in [0.3, 0.4) is 0 Å². The average molecular weight is 383 g/mol. The molecule has 0 spiro atoms. The van der Waals surface area contributed by atoms with E-state index in [0.29, 0.717) is 23.3 Å². The summed E-state index contributed by atoms with van der Waals surface area (Å²) in [5, 5.41) is 10.9. The van der Waals surface area contributed by atoms with Crippen LogP contribution in [-0.4, -0.2) is 27.9 Å². The smallest absolute Gasteiger partial charge is 0.270 e. The molecule has 0 bridgehead atoms. The van der Waals surface area contributed by atoms with Crippen LogP contribution in [0.1, 0.15) is 34.5 Å². The Kier molecular flexibility index (Phi) is 5.05. The van der Waals surface area contributed by atoms with Gasteiger partial charge in [0.25, 0.3) is 5.69 Å². The van der Waals surface area contributed by atoms with Gasteiger partial charge in [0.2, 0.25) is 0 Å². The molecule has 4 rings (SSSR count). The first-order valence-electron chi connectivity index (χ1n) is 9.10. The molecule has 1 saturated heterocycles. The van der Waals surface area contributed by atoms with Crippen molar-refractivity contribution in [2.24, 2.45) is 0 Å². The molecule has 6 nitrogen and oxygen atoms in total. The van der Waals surface area contributed by atoms with Gasteiger partial charge in [-0.3, -0.25) is 15.0 Å². The van der Waals surface area contributed by atoms with Crippen molar-refractivity contribution in [3.05, 3.63) is 68.4 Å². The van der Waals surface area contributed by atoms with Crippen molar-refractivity contribution in [3.8, 4) is 11.3 Å². The predicted molar refractivity (Wildman–Crippen MR) is 105 cm³/mol. The lowest BCUT2D eigenvalue weighted by Crippen LogP contribution is -2.25. The predicted octanol–water partition coefficient (Wildman–Crippen LogP) is 5.00. The van der Waals surface area contributed by atoms with Gasteiger partial charge in [0.15, 0.2) is 11.7 Å². The van der Waals surface area contributed by atoms with Crippen LogP contribution in [0.4, 0.5) is 5.69 Å². The summed E-state index contributed by atoms with van der Waals surface area (Å²) < 4.78 is 5.85. The van der Waals surface area contributed by atoms with Crippen molar-refractivity contribution in [2.45, 2.75) is 32.2 Å². The van der Waals surface area contributed by atoms with E-state index < -0.39 is 4.92 Å². The largest absolute Gasteiger partial charge is 0.441 e. The van der Waals surface area contributed by atoms with E-state index in [1.54, 1.807) is 18.3 Å². The fraction of sp³-hybridized carbons (Fsp3) is 0.350. The molecule has 0 N–H and O–H groups in total. The number of hydrogen-bond donors (Lipinski definition) is 0. The van der Waals surface area contributed by atoms with Gasteiger partial charge in [-0.2, -0.15) is 0 Å². The number of nitro benzene ring substituents is 1. The van der Waals surface area contributed by atoms with Crippen LogP contribution < -0.4 is 0 Å². The Morgan fingerprint density at radius 1 is 1.37 bits per heavy atom. The highest BCUT2D eigenvalue weighted by Gasteiger charge is 2.27. The molecular weight excluding hydrogens is 362 g/mol. The Hall–Kier alpha value is -2.51. The molecule has 3 heterocycles. The van der Waals surface area contributed by atoms with Crippen LogP contribution in [0.2, 0.25) is 0 Å². The molecule has 1 fully saturated rings. The molecule has 1 aliphatic heterocycles. The van der Waals surface area contributed by atoms with Gasteiger partial charge in [0, 0.05) is 46.5 Å². The second-order valence-corrected chi connectivity index (χ2v) is 8.14. The van der Waals surface area contributed by atoms with Crippen molar-refractivity contribution in [1.82, 2.24) is 9.88 Å². The van der Waals surface area contributed by atoms with Crippen LogP contribution in [0.15, 0.2) is 47.0 Å². The third-order valence-corrected chi connectivity index (χ3v) is 6.06. The number of aryl methyl sites for hydroxylation is 1. The number of benzene rings is 1. The highest BCUT2D eigenvalue weighted by atomic mass is 32.1. The second-order valence-electron chi connectivity index (χ2n) is 6.82. The van der Waals surface area contributed by atoms with Gasteiger partial charge < -0.3 is 4.42 Å².